The quantitative estimate of drug-likeness (QED) is 0.267. The van der Waals surface area contributed by atoms with Gasteiger partial charge in [0, 0.05) is 61.9 Å². The zero-order valence-electron chi connectivity index (χ0n) is 33.0. The van der Waals surface area contributed by atoms with E-state index in [2.05, 4.69) is 43.0 Å². The third-order valence-electron chi connectivity index (χ3n) is 9.52. The number of carbonyl (C=O) groups is 3. The molecule has 2 aromatic heterocycles. The van der Waals surface area contributed by atoms with E-state index in [1.807, 2.05) is 75.6 Å². The molecule has 2 aliphatic heterocycles. The van der Waals surface area contributed by atoms with E-state index in [0.29, 0.717) is 18.4 Å². The van der Waals surface area contributed by atoms with Crippen LogP contribution in [0.2, 0.25) is 0 Å². The number of amides is 3. The van der Waals surface area contributed by atoms with Gasteiger partial charge in [-0.05, 0) is 155 Å². The van der Waals surface area contributed by atoms with Gasteiger partial charge < -0.3 is 30.3 Å². The Morgan fingerprint density at radius 1 is 0.765 bits per heavy atom. The van der Waals surface area contributed by atoms with Crippen LogP contribution in [0.15, 0.2) is 49.1 Å². The molecule has 2 aliphatic rings. The lowest BCUT2D eigenvalue weighted by molar-refractivity contribution is -0.119. The molecule has 0 aromatic carbocycles. The SMILES string of the molecule is CC(=O)NC(CC[C@@H]1CN(C(=O)OC(C)(C)C)C(C)(C)C1)c1ccncc1.CC(C)(C)OC(=O)N1C[C@@H](CCC(N)c2ccncc2)CC1(C)C. The lowest BCUT2D eigenvalue weighted by Gasteiger charge is -2.33. The maximum absolute atomic E-state index is 12.6. The van der Waals surface area contributed by atoms with Crippen molar-refractivity contribution in [2.45, 2.75) is 149 Å². The molecule has 2 unspecified atom stereocenters. The largest absolute Gasteiger partial charge is 0.444 e. The summed E-state index contributed by atoms with van der Waals surface area (Å²) in [6.45, 7) is 22.7. The molecule has 0 bridgehead atoms. The summed E-state index contributed by atoms with van der Waals surface area (Å²) < 4.78 is 11.1. The Bertz CT molecular complexity index is 1420. The molecule has 0 spiro atoms. The molecule has 4 atom stereocenters. The van der Waals surface area contributed by atoms with Crippen molar-refractivity contribution in [3.8, 4) is 0 Å². The van der Waals surface area contributed by atoms with Crippen LogP contribution < -0.4 is 11.1 Å². The van der Waals surface area contributed by atoms with Crippen molar-refractivity contribution in [2.75, 3.05) is 13.1 Å². The number of nitrogens with two attached hydrogens (primary N) is 1. The van der Waals surface area contributed by atoms with Crippen LogP contribution in [-0.2, 0) is 14.3 Å². The number of pyridine rings is 2. The average molecular weight is 709 g/mol. The minimum absolute atomic E-state index is 0.0201. The fourth-order valence-electron chi connectivity index (χ4n) is 7.20. The average Bonchev–Trinajstić information content (AvgIpc) is 3.50. The van der Waals surface area contributed by atoms with Crippen LogP contribution in [0.5, 0.6) is 0 Å². The third-order valence-corrected chi connectivity index (χ3v) is 9.52. The predicted molar refractivity (Wildman–Crippen MR) is 201 cm³/mol. The zero-order valence-corrected chi connectivity index (χ0v) is 33.0. The van der Waals surface area contributed by atoms with Crippen molar-refractivity contribution in [1.82, 2.24) is 25.1 Å². The third kappa shape index (κ3) is 13.4. The summed E-state index contributed by atoms with van der Waals surface area (Å²) in [6, 6.07) is 7.79. The molecule has 3 amide bonds. The molecule has 0 aliphatic carbocycles. The molecule has 11 heteroatoms. The van der Waals surface area contributed by atoms with E-state index >= 15 is 0 Å². The van der Waals surface area contributed by atoms with Gasteiger partial charge in [0.2, 0.25) is 5.91 Å². The fourth-order valence-corrected chi connectivity index (χ4v) is 7.20. The first-order valence-corrected chi connectivity index (χ1v) is 18.4. The summed E-state index contributed by atoms with van der Waals surface area (Å²) in [5.41, 5.74) is 7.10. The Kier molecular flexibility index (Phi) is 14.1. The van der Waals surface area contributed by atoms with Crippen LogP contribution in [-0.4, -0.2) is 73.2 Å². The molecule has 284 valence electrons. The van der Waals surface area contributed by atoms with Crippen molar-refractivity contribution in [1.29, 1.82) is 0 Å². The first-order chi connectivity index (χ1) is 23.6. The van der Waals surface area contributed by atoms with Crippen molar-refractivity contribution >= 4 is 18.1 Å². The van der Waals surface area contributed by atoms with E-state index in [9.17, 15) is 14.4 Å². The summed E-state index contributed by atoms with van der Waals surface area (Å²) in [7, 11) is 0. The highest BCUT2D eigenvalue weighted by Gasteiger charge is 2.44. The fraction of sp³-hybridized carbons (Fsp3) is 0.675. The molecule has 4 rings (SSSR count). The molecular formula is C40H64N6O5. The summed E-state index contributed by atoms with van der Waals surface area (Å²) in [4.78, 5) is 48.4. The van der Waals surface area contributed by atoms with Crippen LogP contribution in [0.25, 0.3) is 0 Å². The normalized spacial score (nSPS) is 20.9. The number of hydrogen-bond donors (Lipinski definition) is 2. The maximum Gasteiger partial charge on any atom is 0.410 e. The molecule has 2 fully saturated rings. The zero-order chi connectivity index (χ0) is 38.2. The van der Waals surface area contributed by atoms with E-state index in [-0.39, 0.29) is 41.3 Å². The highest BCUT2D eigenvalue weighted by Crippen LogP contribution is 2.38. The van der Waals surface area contributed by atoms with Crippen molar-refractivity contribution in [2.24, 2.45) is 17.6 Å². The number of nitrogens with one attached hydrogen (secondary N) is 1. The topological polar surface area (TPSA) is 140 Å². The van der Waals surface area contributed by atoms with Crippen molar-refractivity contribution in [3.05, 3.63) is 60.2 Å². The molecule has 2 saturated heterocycles. The Labute approximate surface area is 306 Å². The monoisotopic (exact) mass is 708 g/mol. The lowest BCUT2D eigenvalue weighted by atomic mass is 9.91. The summed E-state index contributed by atoms with van der Waals surface area (Å²) >= 11 is 0. The number of ether oxygens (including phenoxy) is 2. The summed E-state index contributed by atoms with van der Waals surface area (Å²) in [6.07, 6.45) is 12.2. The van der Waals surface area contributed by atoms with Crippen LogP contribution in [0.3, 0.4) is 0 Å². The van der Waals surface area contributed by atoms with E-state index in [0.717, 1.165) is 56.2 Å². The highest BCUT2D eigenvalue weighted by molar-refractivity contribution is 5.73. The molecule has 11 nitrogen and oxygen atoms in total. The van der Waals surface area contributed by atoms with Crippen molar-refractivity contribution < 1.29 is 23.9 Å². The van der Waals surface area contributed by atoms with Crippen LogP contribution in [0.1, 0.15) is 138 Å². The molecule has 3 N–H and O–H groups in total. The molecule has 2 aromatic rings. The van der Waals surface area contributed by atoms with Crippen LogP contribution in [0.4, 0.5) is 9.59 Å². The Hall–Kier alpha value is -3.73. The van der Waals surface area contributed by atoms with Gasteiger partial charge in [-0.1, -0.05) is 0 Å². The standard InChI is InChI=1S/C21H33N3O3.C19H31N3O2/c1-15(25)23-18(17-9-11-22-12-10-17)8-7-16-13-21(5,6)24(14-16)19(26)27-20(2,3)4;1-18(2,3)24-17(23)22-13-14(12-19(22,4)5)6-7-16(20)15-8-10-21-11-9-15/h9-12,16,18H,7-8,13-14H2,1-6H3,(H,23,25);8-11,14,16H,6-7,12-13,20H2,1-5H3/t16-,18?;14-,16?/m00/s1. The summed E-state index contributed by atoms with van der Waals surface area (Å²) in [5.74, 6) is 0.796. The van der Waals surface area contributed by atoms with Crippen LogP contribution in [0, 0.1) is 11.8 Å². The number of nitrogens with zero attached hydrogens (tertiary/aromatic N) is 4. The van der Waals surface area contributed by atoms with Gasteiger partial charge in [0.15, 0.2) is 0 Å². The minimum atomic E-state index is -0.497. The second-order valence-electron chi connectivity index (χ2n) is 17.5. The van der Waals surface area contributed by atoms with Gasteiger partial charge in [-0.2, -0.15) is 0 Å². The number of carbonyl (C=O) groups excluding carboxylic acids is 3. The minimum Gasteiger partial charge on any atom is -0.444 e. The molecule has 4 heterocycles. The molecule has 0 saturated carbocycles. The lowest BCUT2D eigenvalue weighted by Crippen LogP contribution is -2.45. The second-order valence-corrected chi connectivity index (χ2v) is 17.5. The number of aromatic nitrogens is 2. The molecule has 51 heavy (non-hydrogen) atoms. The van der Waals surface area contributed by atoms with Crippen LogP contribution >= 0.6 is 0 Å². The predicted octanol–water partition coefficient (Wildman–Crippen LogP) is 7.97. The Morgan fingerprint density at radius 2 is 1.16 bits per heavy atom. The number of likely N-dealkylation sites (tertiary alicyclic amines) is 2. The van der Waals surface area contributed by atoms with E-state index in [1.165, 1.54) is 6.92 Å². The van der Waals surface area contributed by atoms with Gasteiger partial charge in [0.05, 0.1) is 6.04 Å². The summed E-state index contributed by atoms with van der Waals surface area (Å²) in [5, 5.41) is 3.03. The van der Waals surface area contributed by atoms with Gasteiger partial charge >= 0.3 is 12.2 Å². The van der Waals surface area contributed by atoms with Gasteiger partial charge in [-0.15, -0.1) is 0 Å². The van der Waals surface area contributed by atoms with Crippen molar-refractivity contribution in [3.63, 3.8) is 0 Å². The van der Waals surface area contributed by atoms with Gasteiger partial charge in [-0.25, -0.2) is 9.59 Å². The van der Waals surface area contributed by atoms with E-state index in [4.69, 9.17) is 15.2 Å². The first kappa shape index (κ1) is 41.7. The Balaban J connectivity index is 0.000000277. The second kappa shape index (κ2) is 17.2. The van der Waals surface area contributed by atoms with E-state index < -0.39 is 11.2 Å². The number of rotatable bonds is 9. The van der Waals surface area contributed by atoms with Gasteiger partial charge in [-0.3, -0.25) is 14.8 Å². The number of hydrogen-bond acceptors (Lipinski definition) is 8. The first-order valence-electron chi connectivity index (χ1n) is 18.4. The smallest absolute Gasteiger partial charge is 0.410 e. The molecule has 0 radical (unpaired) electrons. The molecular weight excluding hydrogens is 644 g/mol. The Morgan fingerprint density at radius 3 is 1.55 bits per heavy atom. The highest BCUT2D eigenvalue weighted by atomic mass is 16.6. The van der Waals surface area contributed by atoms with Gasteiger partial charge in [0.1, 0.15) is 11.2 Å². The van der Waals surface area contributed by atoms with Gasteiger partial charge in [0.25, 0.3) is 0 Å². The van der Waals surface area contributed by atoms with E-state index in [1.54, 1.807) is 24.8 Å². The maximum atomic E-state index is 12.6.